The van der Waals surface area contributed by atoms with Crippen molar-refractivity contribution in [1.82, 2.24) is 4.90 Å². The first-order valence-corrected chi connectivity index (χ1v) is 10.2. The molecule has 1 saturated heterocycles. The van der Waals surface area contributed by atoms with Crippen LogP contribution in [0.4, 0.5) is 0 Å². The zero-order valence-electron chi connectivity index (χ0n) is 16.3. The lowest BCUT2D eigenvalue weighted by Gasteiger charge is -2.47. The average molecular weight is 423 g/mol. The third-order valence-corrected chi connectivity index (χ3v) is 6.63. The average Bonchev–Trinajstić information content (AvgIpc) is 2.66. The lowest BCUT2D eigenvalue weighted by molar-refractivity contribution is -0.141. The summed E-state index contributed by atoms with van der Waals surface area (Å²) in [7, 11) is 3.49. The minimum atomic E-state index is -0.611. The molecule has 4 unspecified atom stereocenters. The van der Waals surface area contributed by atoms with Crippen LogP contribution >= 0.6 is 15.9 Å². The van der Waals surface area contributed by atoms with Crippen molar-refractivity contribution in [3.05, 3.63) is 34.9 Å². The molecule has 0 aromatic carbocycles. The van der Waals surface area contributed by atoms with Gasteiger partial charge in [-0.25, -0.2) is 0 Å². The first-order valence-electron chi connectivity index (χ1n) is 9.44. The fourth-order valence-corrected chi connectivity index (χ4v) is 4.31. The number of nitrogens with one attached hydrogen (secondary N) is 1. The van der Waals surface area contributed by atoms with Crippen LogP contribution < -0.4 is 0 Å². The van der Waals surface area contributed by atoms with Gasteiger partial charge in [-0.05, 0) is 44.1 Å². The standard InChI is InChI=1S/C21H31BrN2O2/c1-15-16(2)21(20(25)24(3)19(15)23)13-11-17(22)9-7-5-6-8-10-18(26-4)12-14-21/h5,7,9,11,13,15-16,18,23H,6,8,10,12,14H2,1-4H3. The quantitative estimate of drug-likeness (QED) is 0.641. The molecular formula is C21H31BrN2O2. The van der Waals surface area contributed by atoms with E-state index in [2.05, 4.69) is 41.1 Å². The van der Waals surface area contributed by atoms with Crippen molar-refractivity contribution in [2.75, 3.05) is 14.2 Å². The molecule has 0 saturated carbocycles. The van der Waals surface area contributed by atoms with Crippen LogP contribution in [-0.2, 0) is 9.53 Å². The Morgan fingerprint density at radius 1 is 1.35 bits per heavy atom. The first kappa shape index (κ1) is 21.1. The van der Waals surface area contributed by atoms with Gasteiger partial charge in [0.2, 0.25) is 5.91 Å². The van der Waals surface area contributed by atoms with Crippen molar-refractivity contribution in [3.8, 4) is 0 Å². The monoisotopic (exact) mass is 422 g/mol. The summed E-state index contributed by atoms with van der Waals surface area (Å²) in [4.78, 5) is 14.8. The number of hydrogen-bond donors (Lipinski definition) is 1. The molecule has 0 radical (unpaired) electrons. The number of hydrogen-bond acceptors (Lipinski definition) is 3. The van der Waals surface area contributed by atoms with E-state index in [0.717, 1.165) is 36.6 Å². The summed E-state index contributed by atoms with van der Waals surface area (Å²) in [6, 6.07) is 0. The third-order valence-electron chi connectivity index (χ3n) is 6.10. The molecule has 1 amide bonds. The molecule has 2 aliphatic rings. The Morgan fingerprint density at radius 2 is 2.08 bits per heavy atom. The molecule has 0 aromatic rings. The van der Waals surface area contributed by atoms with Gasteiger partial charge in [-0.3, -0.25) is 10.2 Å². The predicted molar refractivity (Wildman–Crippen MR) is 110 cm³/mol. The molecule has 1 N–H and O–H groups in total. The number of methoxy groups -OCH3 is 1. The van der Waals surface area contributed by atoms with E-state index < -0.39 is 5.41 Å². The topological polar surface area (TPSA) is 53.4 Å². The Hall–Kier alpha value is -1.20. The Labute approximate surface area is 166 Å². The van der Waals surface area contributed by atoms with E-state index in [1.54, 1.807) is 14.2 Å². The molecule has 1 heterocycles. The van der Waals surface area contributed by atoms with Gasteiger partial charge < -0.3 is 9.64 Å². The number of amidine groups is 1. The molecule has 0 bridgehead atoms. The number of amides is 1. The van der Waals surface area contributed by atoms with Crippen molar-refractivity contribution in [2.45, 2.75) is 52.1 Å². The van der Waals surface area contributed by atoms with Crippen LogP contribution in [0.1, 0.15) is 46.0 Å². The molecule has 2 rings (SSSR count). The van der Waals surface area contributed by atoms with Crippen molar-refractivity contribution in [3.63, 3.8) is 0 Å². The molecule has 4 atom stereocenters. The zero-order valence-corrected chi connectivity index (χ0v) is 17.9. The van der Waals surface area contributed by atoms with Crippen LogP contribution in [0, 0.1) is 22.7 Å². The van der Waals surface area contributed by atoms with Crippen molar-refractivity contribution in [1.29, 1.82) is 5.41 Å². The van der Waals surface area contributed by atoms with Crippen molar-refractivity contribution in [2.24, 2.45) is 17.3 Å². The molecular weight excluding hydrogens is 392 g/mol. The number of ether oxygens (including phenoxy) is 1. The number of carbonyl (C=O) groups excluding carboxylic acids is 1. The van der Waals surface area contributed by atoms with E-state index in [9.17, 15) is 4.79 Å². The summed E-state index contributed by atoms with van der Waals surface area (Å²) < 4.78 is 6.64. The van der Waals surface area contributed by atoms with Gasteiger partial charge in [-0.1, -0.05) is 54.1 Å². The fraction of sp³-hybridized carbons (Fsp3) is 0.619. The summed E-state index contributed by atoms with van der Waals surface area (Å²) in [6.45, 7) is 4.15. The van der Waals surface area contributed by atoms with E-state index in [1.165, 1.54) is 4.90 Å². The summed E-state index contributed by atoms with van der Waals surface area (Å²) in [5.74, 6) is 0.519. The highest BCUT2D eigenvalue weighted by Gasteiger charge is 2.50. The first-order chi connectivity index (χ1) is 12.3. The largest absolute Gasteiger partial charge is 0.381 e. The molecule has 1 aliphatic carbocycles. The van der Waals surface area contributed by atoms with E-state index in [-0.39, 0.29) is 23.8 Å². The summed E-state index contributed by atoms with van der Waals surface area (Å²) in [5, 5.41) is 8.27. The van der Waals surface area contributed by atoms with Gasteiger partial charge in [0.25, 0.3) is 0 Å². The summed E-state index contributed by atoms with van der Waals surface area (Å²) in [6.07, 6.45) is 15.1. The Morgan fingerprint density at radius 3 is 2.77 bits per heavy atom. The number of piperidine rings is 1. The molecule has 1 fully saturated rings. The van der Waals surface area contributed by atoms with Crippen molar-refractivity contribution < 1.29 is 9.53 Å². The van der Waals surface area contributed by atoms with Gasteiger partial charge in [-0.2, -0.15) is 0 Å². The second kappa shape index (κ2) is 9.14. The van der Waals surface area contributed by atoms with Crippen LogP contribution in [0.5, 0.6) is 0 Å². The van der Waals surface area contributed by atoms with Crippen LogP contribution in [0.3, 0.4) is 0 Å². The highest BCUT2D eigenvalue weighted by Crippen LogP contribution is 2.45. The van der Waals surface area contributed by atoms with Gasteiger partial charge in [0, 0.05) is 24.6 Å². The number of rotatable bonds is 1. The zero-order chi connectivity index (χ0) is 19.3. The smallest absolute Gasteiger partial charge is 0.237 e. The molecule has 1 spiro atoms. The van der Waals surface area contributed by atoms with E-state index in [1.807, 2.05) is 19.1 Å². The number of halogens is 1. The predicted octanol–water partition coefficient (Wildman–Crippen LogP) is 5.06. The van der Waals surface area contributed by atoms with E-state index in [0.29, 0.717) is 5.84 Å². The molecule has 144 valence electrons. The maximum Gasteiger partial charge on any atom is 0.237 e. The molecule has 5 heteroatoms. The van der Waals surface area contributed by atoms with Gasteiger partial charge in [-0.15, -0.1) is 0 Å². The van der Waals surface area contributed by atoms with Crippen molar-refractivity contribution >= 4 is 27.7 Å². The lowest BCUT2D eigenvalue weighted by atomic mass is 9.63. The lowest BCUT2D eigenvalue weighted by Crippen LogP contribution is -2.57. The minimum absolute atomic E-state index is 0.0184. The summed E-state index contributed by atoms with van der Waals surface area (Å²) in [5.41, 5.74) is -0.611. The summed E-state index contributed by atoms with van der Waals surface area (Å²) >= 11 is 3.59. The normalized spacial score (nSPS) is 34.3. The molecule has 4 nitrogen and oxygen atoms in total. The Bertz CT molecular complexity index is 626. The number of allylic oxidation sites excluding steroid dienone is 5. The number of carbonyl (C=O) groups is 1. The molecule has 26 heavy (non-hydrogen) atoms. The minimum Gasteiger partial charge on any atom is -0.381 e. The van der Waals surface area contributed by atoms with Crippen LogP contribution in [0.25, 0.3) is 0 Å². The van der Waals surface area contributed by atoms with Crippen LogP contribution in [0.15, 0.2) is 34.9 Å². The maximum absolute atomic E-state index is 13.3. The highest BCUT2D eigenvalue weighted by molar-refractivity contribution is 9.11. The second-order valence-electron chi connectivity index (χ2n) is 7.51. The van der Waals surface area contributed by atoms with Gasteiger partial charge in [0.15, 0.2) is 0 Å². The molecule has 1 aliphatic heterocycles. The maximum atomic E-state index is 13.3. The van der Waals surface area contributed by atoms with Crippen LogP contribution in [-0.4, -0.2) is 36.9 Å². The van der Waals surface area contributed by atoms with E-state index in [4.69, 9.17) is 10.1 Å². The van der Waals surface area contributed by atoms with Gasteiger partial charge >= 0.3 is 0 Å². The number of nitrogens with zero attached hydrogens (tertiary/aromatic N) is 1. The SMILES string of the molecule is COC1CCCC=CC=C(Br)C=CC2(CC1)C(=O)N(C)C(=N)C(C)C2C. The van der Waals surface area contributed by atoms with Gasteiger partial charge in [0.05, 0.1) is 11.5 Å². The number of likely N-dealkylation sites (tertiary alicyclic amines) is 1. The highest BCUT2D eigenvalue weighted by atomic mass is 79.9. The third kappa shape index (κ3) is 4.37. The Kier molecular flexibility index (Phi) is 7.42. The van der Waals surface area contributed by atoms with Crippen LogP contribution in [0.2, 0.25) is 0 Å². The van der Waals surface area contributed by atoms with Gasteiger partial charge in [0.1, 0.15) is 5.84 Å². The molecule has 0 aromatic heterocycles. The second-order valence-corrected chi connectivity index (χ2v) is 8.42. The van der Waals surface area contributed by atoms with E-state index >= 15 is 0 Å². The fourth-order valence-electron chi connectivity index (χ4n) is 4.03. The Balaban J connectivity index is 2.45.